The van der Waals surface area contributed by atoms with Crippen molar-refractivity contribution in [3.63, 3.8) is 0 Å². The summed E-state index contributed by atoms with van der Waals surface area (Å²) >= 11 is 0. The zero-order chi connectivity index (χ0) is 28.2. The van der Waals surface area contributed by atoms with Crippen LogP contribution in [0.1, 0.15) is 25.8 Å². The van der Waals surface area contributed by atoms with Crippen molar-refractivity contribution in [1.82, 2.24) is 15.6 Å². The van der Waals surface area contributed by atoms with Crippen molar-refractivity contribution >= 4 is 49.8 Å². The van der Waals surface area contributed by atoms with Crippen molar-refractivity contribution < 1.29 is 28.1 Å². The highest BCUT2D eigenvalue weighted by Gasteiger charge is 2.34. The van der Waals surface area contributed by atoms with E-state index >= 15 is 0 Å². The summed E-state index contributed by atoms with van der Waals surface area (Å²) in [5.74, 6) is -1.72. The van der Waals surface area contributed by atoms with Crippen LogP contribution in [0.3, 0.4) is 0 Å². The van der Waals surface area contributed by atoms with E-state index in [4.69, 9.17) is 0 Å². The quantitative estimate of drug-likeness (QED) is 0.236. The molecule has 0 aliphatic heterocycles. The van der Waals surface area contributed by atoms with Gasteiger partial charge in [0.05, 0.1) is 11.5 Å². The Morgan fingerprint density at radius 2 is 1.56 bits per heavy atom. The molecule has 2 amide bonds. The van der Waals surface area contributed by atoms with Crippen LogP contribution in [0.4, 0.5) is 4.79 Å². The number of pyridine rings is 1. The number of amides is 2. The third-order valence-electron chi connectivity index (χ3n) is 6.45. The van der Waals surface area contributed by atoms with Crippen molar-refractivity contribution in [2.75, 3.05) is 0 Å². The molecule has 4 rings (SSSR count). The highest BCUT2D eigenvalue weighted by Crippen LogP contribution is 2.23. The molecule has 1 heterocycles. The van der Waals surface area contributed by atoms with Gasteiger partial charge >= 0.3 is 12.4 Å². The number of benzene rings is 3. The van der Waals surface area contributed by atoms with Gasteiger partial charge in [0.25, 0.3) is 9.84 Å². The zero-order valence-electron chi connectivity index (χ0n) is 21.6. The van der Waals surface area contributed by atoms with Crippen LogP contribution in [0.2, 0.25) is 0 Å². The van der Waals surface area contributed by atoms with E-state index in [9.17, 15) is 28.1 Å². The maximum Gasteiger partial charge on any atom is 0.475 e. The summed E-state index contributed by atoms with van der Waals surface area (Å²) in [5, 5.41) is 25.6. The predicted molar refractivity (Wildman–Crippen MR) is 150 cm³/mol. The third kappa shape index (κ3) is 6.44. The molecule has 2 unspecified atom stereocenters. The van der Waals surface area contributed by atoms with Gasteiger partial charge in [-0.1, -0.05) is 74.5 Å². The zero-order valence-corrected chi connectivity index (χ0v) is 22.4. The fourth-order valence-corrected chi connectivity index (χ4v) is 5.74. The number of carbonyl (C=O) groups excluding carboxylic acids is 2. The monoisotopic (exact) mass is 547 g/mol. The normalized spacial score (nSPS) is 13.3. The van der Waals surface area contributed by atoms with E-state index < -0.39 is 40.1 Å². The van der Waals surface area contributed by atoms with Crippen LogP contribution in [0.25, 0.3) is 21.7 Å². The van der Waals surface area contributed by atoms with Gasteiger partial charge in [-0.3, -0.25) is 14.6 Å². The summed E-state index contributed by atoms with van der Waals surface area (Å²) in [6.07, 6.45) is 1.67. The first-order valence-corrected chi connectivity index (χ1v) is 14.1. The van der Waals surface area contributed by atoms with Gasteiger partial charge in [0.1, 0.15) is 10.9 Å². The molecule has 2 atom stereocenters. The highest BCUT2D eigenvalue weighted by molar-refractivity contribution is 8.06. The van der Waals surface area contributed by atoms with E-state index in [1.54, 1.807) is 24.3 Å². The standard InChI is InChI=1S/C28H30BN3O6S/c1-18(2)16-25(29(35)36)32-27(33)23(17-21-11-5-9-19-8-3-4-13-22(19)21)31-28(34)39(37,38)24-14-6-10-20-12-7-15-30-26(20)24/h3-15,18,23,25,35-36H,16-17H2,1-2H3,(H,31,34)(H,32,33). The lowest BCUT2D eigenvalue weighted by Crippen LogP contribution is -2.55. The second kappa shape index (κ2) is 11.9. The Bertz CT molecular complexity index is 1600. The maximum absolute atomic E-state index is 13.4. The molecule has 3 aromatic carbocycles. The van der Waals surface area contributed by atoms with Crippen molar-refractivity contribution in [1.29, 1.82) is 0 Å². The Labute approximate surface area is 227 Å². The number of hydrogen-bond donors (Lipinski definition) is 4. The molecular weight excluding hydrogens is 517 g/mol. The lowest BCUT2D eigenvalue weighted by molar-refractivity contribution is -0.123. The molecule has 0 bridgehead atoms. The lowest BCUT2D eigenvalue weighted by atomic mass is 9.75. The van der Waals surface area contributed by atoms with Crippen LogP contribution < -0.4 is 10.6 Å². The number of nitrogens with one attached hydrogen (secondary N) is 2. The Kier molecular flexibility index (Phi) is 8.64. The number of para-hydroxylation sites is 1. The molecule has 4 aromatic rings. The number of fused-ring (bicyclic) bond motifs is 2. The van der Waals surface area contributed by atoms with Crippen molar-refractivity contribution in [2.24, 2.45) is 5.92 Å². The number of nitrogens with zero attached hydrogens (tertiary/aromatic N) is 1. The first-order chi connectivity index (χ1) is 18.6. The van der Waals surface area contributed by atoms with Crippen LogP contribution in [0.5, 0.6) is 0 Å². The largest absolute Gasteiger partial charge is 0.475 e. The van der Waals surface area contributed by atoms with Crippen molar-refractivity contribution in [3.8, 4) is 0 Å². The highest BCUT2D eigenvalue weighted by atomic mass is 32.2. The number of carbonyl (C=O) groups is 2. The van der Waals surface area contributed by atoms with Gasteiger partial charge in [-0.15, -0.1) is 0 Å². The summed E-state index contributed by atoms with van der Waals surface area (Å²) in [5.41, 5.74) is 0.855. The molecule has 0 spiro atoms. The lowest BCUT2D eigenvalue weighted by Gasteiger charge is -2.24. The van der Waals surface area contributed by atoms with E-state index in [0.29, 0.717) is 10.9 Å². The second-order valence-electron chi connectivity index (χ2n) is 9.82. The molecule has 0 aliphatic carbocycles. The summed E-state index contributed by atoms with van der Waals surface area (Å²) in [4.78, 5) is 30.6. The predicted octanol–water partition coefficient (Wildman–Crippen LogP) is 3.03. The van der Waals surface area contributed by atoms with Gasteiger partial charge in [-0.2, -0.15) is 0 Å². The van der Waals surface area contributed by atoms with E-state index in [0.717, 1.165) is 10.8 Å². The van der Waals surface area contributed by atoms with Gasteiger partial charge in [-0.05, 0) is 40.8 Å². The fraction of sp³-hybridized carbons (Fsp3) is 0.250. The molecule has 11 heteroatoms. The SMILES string of the molecule is CC(C)CC(NC(=O)C(Cc1cccc2ccccc12)NC(=O)S(=O)(=O)c1cccc2cccnc12)B(O)O. The molecule has 0 radical (unpaired) electrons. The van der Waals surface area contributed by atoms with E-state index in [-0.39, 0.29) is 29.2 Å². The second-order valence-corrected chi connectivity index (χ2v) is 11.6. The van der Waals surface area contributed by atoms with E-state index in [2.05, 4.69) is 15.6 Å². The van der Waals surface area contributed by atoms with Crippen molar-refractivity contribution in [3.05, 3.63) is 84.6 Å². The smallest absolute Gasteiger partial charge is 0.426 e. The molecule has 0 fully saturated rings. The number of rotatable bonds is 9. The van der Waals surface area contributed by atoms with Gasteiger partial charge in [0, 0.05) is 18.0 Å². The maximum atomic E-state index is 13.4. The van der Waals surface area contributed by atoms with Crippen LogP contribution in [0.15, 0.2) is 83.9 Å². The van der Waals surface area contributed by atoms with Crippen LogP contribution in [0, 0.1) is 5.92 Å². The van der Waals surface area contributed by atoms with Gasteiger partial charge < -0.3 is 20.7 Å². The van der Waals surface area contributed by atoms with Crippen LogP contribution in [-0.2, 0) is 21.1 Å². The average molecular weight is 547 g/mol. The van der Waals surface area contributed by atoms with E-state index in [1.807, 2.05) is 50.2 Å². The number of hydrogen-bond acceptors (Lipinski definition) is 7. The minimum atomic E-state index is -4.58. The summed E-state index contributed by atoms with van der Waals surface area (Å²) < 4.78 is 26.8. The first-order valence-electron chi connectivity index (χ1n) is 12.6. The fourth-order valence-electron chi connectivity index (χ4n) is 4.56. The Morgan fingerprint density at radius 3 is 2.31 bits per heavy atom. The molecule has 9 nitrogen and oxygen atoms in total. The molecule has 1 aromatic heterocycles. The molecule has 202 valence electrons. The molecule has 0 saturated heterocycles. The molecule has 4 N–H and O–H groups in total. The van der Waals surface area contributed by atoms with Gasteiger partial charge in [0.15, 0.2) is 0 Å². The Balaban J connectivity index is 1.69. The summed E-state index contributed by atoms with van der Waals surface area (Å²) in [6.45, 7) is 3.73. The van der Waals surface area contributed by atoms with Gasteiger partial charge in [0.2, 0.25) is 5.91 Å². The summed E-state index contributed by atoms with van der Waals surface area (Å²) in [6, 6.07) is 19.5. The van der Waals surface area contributed by atoms with Crippen LogP contribution >= 0.6 is 0 Å². The average Bonchev–Trinajstić information content (AvgIpc) is 2.91. The minimum absolute atomic E-state index is 0.0296. The summed E-state index contributed by atoms with van der Waals surface area (Å²) in [7, 11) is -6.42. The minimum Gasteiger partial charge on any atom is -0.426 e. The van der Waals surface area contributed by atoms with Gasteiger partial charge in [-0.25, -0.2) is 8.42 Å². The Hall–Kier alpha value is -3.80. The van der Waals surface area contributed by atoms with Crippen LogP contribution in [-0.4, -0.2) is 53.7 Å². The Morgan fingerprint density at radius 1 is 0.897 bits per heavy atom. The van der Waals surface area contributed by atoms with E-state index in [1.165, 1.54) is 18.3 Å². The first kappa shape index (κ1) is 28.2. The number of aromatic nitrogens is 1. The molecule has 0 saturated carbocycles. The van der Waals surface area contributed by atoms with Crippen molar-refractivity contribution in [2.45, 2.75) is 43.6 Å². The number of sulfone groups is 1. The molecule has 39 heavy (non-hydrogen) atoms. The topological polar surface area (TPSA) is 146 Å². The molecular formula is C28H30BN3O6S. The third-order valence-corrected chi connectivity index (χ3v) is 7.97. The molecule has 0 aliphatic rings.